The fourth-order valence-corrected chi connectivity index (χ4v) is 3.92. The van der Waals surface area contributed by atoms with E-state index in [0.717, 1.165) is 37.2 Å². The number of carbonyl (C=O) groups excluding carboxylic acids is 1. The van der Waals surface area contributed by atoms with Crippen LogP contribution >= 0.6 is 11.8 Å². The first-order valence-corrected chi connectivity index (χ1v) is 11.2. The van der Waals surface area contributed by atoms with Crippen LogP contribution in [0.1, 0.15) is 43.5 Å². The molecule has 0 aliphatic heterocycles. The third-order valence-corrected chi connectivity index (χ3v) is 5.84. The number of aryl methyl sites for hydroxylation is 1. The Labute approximate surface area is 175 Å². The summed E-state index contributed by atoms with van der Waals surface area (Å²) in [4.78, 5) is 17.1. The number of aromatic nitrogens is 3. The Kier molecular flexibility index (Phi) is 6.30. The molecule has 0 radical (unpaired) electrons. The van der Waals surface area contributed by atoms with Gasteiger partial charge in [0.15, 0.2) is 0 Å². The average molecular weight is 407 g/mol. The van der Waals surface area contributed by atoms with E-state index in [2.05, 4.69) is 29.5 Å². The van der Waals surface area contributed by atoms with E-state index in [4.69, 9.17) is 4.98 Å². The smallest absolute Gasteiger partial charge is 0.230 e. The summed E-state index contributed by atoms with van der Waals surface area (Å²) in [7, 11) is 0. The van der Waals surface area contributed by atoms with Gasteiger partial charge in [-0.1, -0.05) is 60.3 Å². The lowest BCUT2D eigenvalue weighted by Crippen LogP contribution is -2.34. The minimum Gasteiger partial charge on any atom is -0.353 e. The van der Waals surface area contributed by atoms with Crippen molar-refractivity contribution in [3.05, 3.63) is 72.1 Å². The molecule has 1 saturated carbocycles. The highest BCUT2D eigenvalue weighted by molar-refractivity contribution is 7.99. The number of amides is 1. The van der Waals surface area contributed by atoms with Crippen molar-refractivity contribution in [3.63, 3.8) is 0 Å². The summed E-state index contributed by atoms with van der Waals surface area (Å²) in [6.45, 7) is 2.05. The monoisotopic (exact) mass is 406 g/mol. The maximum atomic E-state index is 12.4. The molecule has 1 heterocycles. The van der Waals surface area contributed by atoms with Gasteiger partial charge in [-0.2, -0.15) is 0 Å². The Morgan fingerprint density at radius 2 is 1.83 bits per heavy atom. The summed E-state index contributed by atoms with van der Waals surface area (Å²) < 4.78 is 1.93. The first-order valence-electron chi connectivity index (χ1n) is 10.2. The number of benzene rings is 2. The normalized spacial score (nSPS) is 14.5. The predicted octanol–water partition coefficient (Wildman–Crippen LogP) is 4.37. The van der Waals surface area contributed by atoms with Crippen molar-refractivity contribution >= 4 is 17.7 Å². The first kappa shape index (κ1) is 19.7. The lowest BCUT2D eigenvalue weighted by Gasteiger charge is -2.13. The van der Waals surface area contributed by atoms with Gasteiger partial charge in [0.2, 0.25) is 11.1 Å². The highest BCUT2D eigenvalue weighted by Gasteiger charge is 2.30. The van der Waals surface area contributed by atoms with E-state index in [1.54, 1.807) is 0 Å². The van der Waals surface area contributed by atoms with Crippen LogP contribution in [0.3, 0.4) is 0 Å². The van der Waals surface area contributed by atoms with Crippen LogP contribution in [0.15, 0.2) is 65.8 Å². The van der Waals surface area contributed by atoms with Gasteiger partial charge in [-0.15, -0.1) is 5.10 Å². The van der Waals surface area contributed by atoms with Crippen LogP contribution in [0.25, 0.3) is 5.69 Å². The van der Waals surface area contributed by atoms with Gasteiger partial charge in [0.25, 0.3) is 0 Å². The molecule has 1 amide bonds. The Hall–Kier alpha value is -2.60. The molecule has 1 fully saturated rings. The standard InChI is InChI=1S/C23H26N4OS/c1-17(12-13-18-8-4-2-5-9-18)24-21(28)16-29-23-25-22(19-14-15-19)27(26-23)20-10-6-3-7-11-20/h2-11,17,19H,12-16H2,1H3,(H,24,28)/t17-/m1/s1. The second-order valence-electron chi connectivity index (χ2n) is 7.56. The van der Waals surface area contributed by atoms with Gasteiger partial charge in [0.1, 0.15) is 5.82 Å². The van der Waals surface area contributed by atoms with Gasteiger partial charge in [0, 0.05) is 12.0 Å². The molecule has 1 aliphatic rings. The number of nitrogens with zero attached hydrogens (tertiary/aromatic N) is 3. The summed E-state index contributed by atoms with van der Waals surface area (Å²) in [6, 6.07) is 20.6. The van der Waals surface area contributed by atoms with Crippen molar-refractivity contribution in [2.75, 3.05) is 5.75 Å². The van der Waals surface area contributed by atoms with Crippen molar-refractivity contribution in [2.45, 2.75) is 49.7 Å². The second-order valence-corrected chi connectivity index (χ2v) is 8.50. The summed E-state index contributed by atoms with van der Waals surface area (Å²) in [5.74, 6) is 1.86. The van der Waals surface area contributed by atoms with Crippen LogP contribution in [0.2, 0.25) is 0 Å². The third kappa shape index (κ3) is 5.48. The Morgan fingerprint density at radius 3 is 2.52 bits per heavy atom. The molecular weight excluding hydrogens is 380 g/mol. The number of thioether (sulfide) groups is 1. The minimum absolute atomic E-state index is 0.0274. The number of rotatable bonds is 9. The van der Waals surface area contributed by atoms with Gasteiger partial charge in [0.05, 0.1) is 11.4 Å². The molecule has 2 aromatic carbocycles. The summed E-state index contributed by atoms with van der Waals surface area (Å²) >= 11 is 1.40. The zero-order valence-corrected chi connectivity index (χ0v) is 17.4. The molecule has 5 nitrogen and oxygen atoms in total. The molecular formula is C23H26N4OS. The van der Waals surface area contributed by atoms with Crippen LogP contribution in [0, 0.1) is 0 Å². The number of para-hydroxylation sites is 1. The fraction of sp³-hybridized carbons (Fsp3) is 0.348. The lowest BCUT2D eigenvalue weighted by atomic mass is 10.1. The quantitative estimate of drug-likeness (QED) is 0.536. The molecule has 0 unspecified atom stereocenters. The van der Waals surface area contributed by atoms with Crippen molar-refractivity contribution in [1.29, 1.82) is 0 Å². The number of hydrogen-bond acceptors (Lipinski definition) is 4. The Morgan fingerprint density at radius 1 is 1.14 bits per heavy atom. The molecule has 1 atom stereocenters. The van der Waals surface area contributed by atoms with Crippen LogP contribution in [-0.2, 0) is 11.2 Å². The van der Waals surface area contributed by atoms with Crippen LogP contribution < -0.4 is 5.32 Å². The van der Waals surface area contributed by atoms with Crippen molar-refractivity contribution < 1.29 is 4.79 Å². The van der Waals surface area contributed by atoms with Crippen LogP contribution in [-0.4, -0.2) is 32.5 Å². The van der Waals surface area contributed by atoms with E-state index in [9.17, 15) is 4.79 Å². The molecule has 1 N–H and O–H groups in total. The predicted molar refractivity (Wildman–Crippen MR) is 116 cm³/mol. The number of carbonyl (C=O) groups is 1. The van der Waals surface area contributed by atoms with Gasteiger partial charge in [-0.05, 0) is 50.3 Å². The van der Waals surface area contributed by atoms with Crippen LogP contribution in [0.4, 0.5) is 0 Å². The van der Waals surface area contributed by atoms with E-state index in [0.29, 0.717) is 16.8 Å². The zero-order chi connectivity index (χ0) is 20.1. The van der Waals surface area contributed by atoms with Crippen molar-refractivity contribution in [2.24, 2.45) is 0 Å². The molecule has 29 heavy (non-hydrogen) atoms. The summed E-state index contributed by atoms with van der Waals surface area (Å²) in [6.07, 6.45) is 4.21. The average Bonchev–Trinajstić information content (AvgIpc) is 3.51. The molecule has 3 aromatic rings. The largest absolute Gasteiger partial charge is 0.353 e. The van der Waals surface area contributed by atoms with E-state index in [1.807, 2.05) is 53.2 Å². The summed E-state index contributed by atoms with van der Waals surface area (Å²) in [5.41, 5.74) is 2.32. The first-order chi connectivity index (χ1) is 14.2. The number of hydrogen-bond donors (Lipinski definition) is 1. The van der Waals surface area contributed by atoms with Gasteiger partial charge >= 0.3 is 0 Å². The topological polar surface area (TPSA) is 59.8 Å². The molecule has 4 rings (SSSR count). The second kappa shape index (κ2) is 9.27. The van der Waals surface area contributed by atoms with E-state index in [-0.39, 0.29) is 11.9 Å². The molecule has 1 aliphatic carbocycles. The minimum atomic E-state index is 0.0274. The summed E-state index contributed by atoms with van der Waals surface area (Å²) in [5, 5.41) is 8.41. The third-order valence-electron chi connectivity index (χ3n) is 5.00. The Balaban J connectivity index is 1.30. The Bertz CT molecular complexity index is 938. The van der Waals surface area contributed by atoms with Gasteiger partial charge in [-0.25, -0.2) is 9.67 Å². The van der Waals surface area contributed by atoms with Gasteiger partial charge < -0.3 is 5.32 Å². The SMILES string of the molecule is C[C@H](CCc1ccccc1)NC(=O)CSc1nc(C2CC2)n(-c2ccccc2)n1. The van der Waals surface area contributed by atoms with E-state index < -0.39 is 0 Å². The maximum absolute atomic E-state index is 12.4. The molecule has 0 saturated heterocycles. The molecule has 0 spiro atoms. The molecule has 6 heteroatoms. The van der Waals surface area contributed by atoms with Crippen LogP contribution in [0.5, 0.6) is 0 Å². The molecule has 150 valence electrons. The van der Waals surface area contributed by atoms with Gasteiger partial charge in [-0.3, -0.25) is 4.79 Å². The van der Waals surface area contributed by atoms with E-state index in [1.165, 1.54) is 17.3 Å². The fourth-order valence-electron chi connectivity index (χ4n) is 3.28. The molecule has 0 bridgehead atoms. The highest BCUT2D eigenvalue weighted by Crippen LogP contribution is 2.40. The zero-order valence-electron chi connectivity index (χ0n) is 16.6. The highest BCUT2D eigenvalue weighted by atomic mass is 32.2. The van der Waals surface area contributed by atoms with E-state index >= 15 is 0 Å². The maximum Gasteiger partial charge on any atom is 0.230 e. The van der Waals surface area contributed by atoms with Crippen molar-refractivity contribution in [3.8, 4) is 5.69 Å². The molecule has 1 aromatic heterocycles. The number of nitrogens with one attached hydrogen (secondary N) is 1. The van der Waals surface area contributed by atoms with Crippen molar-refractivity contribution in [1.82, 2.24) is 20.1 Å². The lowest BCUT2D eigenvalue weighted by molar-refractivity contribution is -0.119.